The van der Waals surface area contributed by atoms with Gasteiger partial charge < -0.3 is 10.1 Å². The Labute approximate surface area is 212 Å². The second-order valence-corrected chi connectivity index (χ2v) is 11.3. The molecule has 0 aliphatic heterocycles. The van der Waals surface area contributed by atoms with Crippen molar-refractivity contribution < 1.29 is 17.9 Å². The molecule has 2 aromatic heterocycles. The maximum atomic E-state index is 12.6. The molecule has 0 aliphatic rings. The Morgan fingerprint density at radius 2 is 1.92 bits per heavy atom. The van der Waals surface area contributed by atoms with Crippen molar-refractivity contribution in [3.63, 3.8) is 0 Å². The van der Waals surface area contributed by atoms with E-state index in [2.05, 4.69) is 20.1 Å². The number of rotatable bonds is 7. The normalized spacial score (nSPS) is 11.5. The first-order valence-electron chi connectivity index (χ1n) is 10.7. The SMILES string of the molecule is CC(C)(C)NC(=O)c1cnn(-c2ccc(Oc3ccc(S(=O)(=O)Nc4nccs4)cc3C#N)cc2)c1. The Kier molecular flexibility index (Phi) is 6.78. The number of nitrogens with zero attached hydrogens (tertiary/aromatic N) is 4. The molecule has 2 N–H and O–H groups in total. The largest absolute Gasteiger partial charge is 0.456 e. The molecule has 0 fully saturated rings. The van der Waals surface area contributed by atoms with Gasteiger partial charge in [0, 0.05) is 23.3 Å². The summed E-state index contributed by atoms with van der Waals surface area (Å²) in [6.07, 6.45) is 4.60. The van der Waals surface area contributed by atoms with E-state index in [-0.39, 0.29) is 32.8 Å². The zero-order valence-electron chi connectivity index (χ0n) is 19.6. The monoisotopic (exact) mass is 522 g/mol. The third-order valence-electron chi connectivity index (χ3n) is 4.70. The van der Waals surface area contributed by atoms with Crippen molar-refractivity contribution >= 4 is 32.4 Å². The number of aromatic nitrogens is 3. The quantitative estimate of drug-likeness (QED) is 0.368. The summed E-state index contributed by atoms with van der Waals surface area (Å²) in [4.78, 5) is 16.2. The van der Waals surface area contributed by atoms with Gasteiger partial charge in [-0.1, -0.05) is 0 Å². The minimum atomic E-state index is -3.90. The summed E-state index contributed by atoms with van der Waals surface area (Å²) in [6.45, 7) is 5.70. The fraction of sp³-hybridized carbons (Fsp3) is 0.167. The van der Waals surface area contributed by atoms with Crippen LogP contribution in [0.1, 0.15) is 36.7 Å². The first-order valence-corrected chi connectivity index (χ1v) is 13.0. The van der Waals surface area contributed by atoms with Gasteiger partial charge in [-0.05, 0) is 63.2 Å². The second kappa shape index (κ2) is 9.80. The molecule has 4 rings (SSSR count). The highest BCUT2D eigenvalue weighted by atomic mass is 32.2. The van der Waals surface area contributed by atoms with Gasteiger partial charge in [-0.25, -0.2) is 18.1 Å². The van der Waals surface area contributed by atoms with Crippen LogP contribution in [0.3, 0.4) is 0 Å². The lowest BCUT2D eigenvalue weighted by Crippen LogP contribution is -2.40. The number of thiazole rings is 1. The fourth-order valence-electron chi connectivity index (χ4n) is 3.09. The lowest BCUT2D eigenvalue weighted by atomic mass is 10.1. The second-order valence-electron chi connectivity index (χ2n) is 8.69. The van der Waals surface area contributed by atoms with Crippen LogP contribution in [-0.2, 0) is 10.0 Å². The molecule has 2 heterocycles. The van der Waals surface area contributed by atoms with E-state index >= 15 is 0 Å². The van der Waals surface area contributed by atoms with Gasteiger partial charge in [-0.3, -0.25) is 9.52 Å². The number of anilines is 1. The van der Waals surface area contributed by atoms with Crippen LogP contribution in [0.15, 0.2) is 71.3 Å². The van der Waals surface area contributed by atoms with Gasteiger partial charge in [0.25, 0.3) is 15.9 Å². The van der Waals surface area contributed by atoms with Crippen LogP contribution in [0.5, 0.6) is 11.5 Å². The lowest BCUT2D eigenvalue weighted by molar-refractivity contribution is 0.0919. The predicted molar refractivity (Wildman–Crippen MR) is 135 cm³/mol. The maximum absolute atomic E-state index is 12.6. The summed E-state index contributed by atoms with van der Waals surface area (Å²) in [5.41, 5.74) is 0.832. The molecule has 1 amide bonds. The smallest absolute Gasteiger partial charge is 0.263 e. The van der Waals surface area contributed by atoms with Gasteiger partial charge in [0.1, 0.15) is 17.6 Å². The number of benzene rings is 2. The standard InChI is InChI=1S/C24H22N6O4S2/c1-24(2,3)28-22(31)17-14-27-30(15-17)18-4-6-19(7-5-18)34-21-9-8-20(12-16(21)13-25)36(32,33)29-23-26-10-11-35-23/h4-12,14-15H,1-3H3,(H,26,29)(H,28,31). The molecule has 0 spiro atoms. The predicted octanol–water partition coefficient (Wildman–Crippen LogP) is 4.32. The molecule has 36 heavy (non-hydrogen) atoms. The topological polar surface area (TPSA) is 139 Å². The van der Waals surface area contributed by atoms with Crippen molar-refractivity contribution in [2.45, 2.75) is 31.2 Å². The minimum Gasteiger partial charge on any atom is -0.456 e. The van der Waals surface area contributed by atoms with E-state index in [0.29, 0.717) is 17.0 Å². The van der Waals surface area contributed by atoms with Gasteiger partial charge >= 0.3 is 0 Å². The maximum Gasteiger partial charge on any atom is 0.263 e. The molecule has 0 aliphatic carbocycles. The highest BCUT2D eigenvalue weighted by Gasteiger charge is 2.19. The van der Waals surface area contributed by atoms with Crippen molar-refractivity contribution in [2.75, 3.05) is 4.72 Å². The van der Waals surface area contributed by atoms with Crippen molar-refractivity contribution in [2.24, 2.45) is 0 Å². The average Bonchev–Trinajstić information content (AvgIpc) is 3.51. The molecular weight excluding hydrogens is 500 g/mol. The van der Waals surface area contributed by atoms with Gasteiger partial charge in [0.05, 0.1) is 27.9 Å². The van der Waals surface area contributed by atoms with Crippen LogP contribution in [0.25, 0.3) is 5.69 Å². The number of hydrogen-bond donors (Lipinski definition) is 2. The molecule has 0 bridgehead atoms. The van der Waals surface area contributed by atoms with Crippen LogP contribution in [0, 0.1) is 11.3 Å². The van der Waals surface area contributed by atoms with E-state index in [1.54, 1.807) is 40.5 Å². The van der Waals surface area contributed by atoms with E-state index in [9.17, 15) is 18.5 Å². The number of ether oxygens (including phenoxy) is 1. The molecule has 2 aromatic carbocycles. The summed E-state index contributed by atoms with van der Waals surface area (Å²) in [7, 11) is -3.90. The average molecular weight is 523 g/mol. The molecule has 0 atom stereocenters. The Balaban J connectivity index is 1.49. The third kappa shape index (κ3) is 5.88. The molecular formula is C24H22N6O4S2. The first-order chi connectivity index (χ1) is 17.0. The molecule has 0 unspecified atom stereocenters. The molecule has 0 radical (unpaired) electrons. The van der Waals surface area contributed by atoms with E-state index < -0.39 is 10.0 Å². The van der Waals surface area contributed by atoms with E-state index in [4.69, 9.17) is 4.74 Å². The van der Waals surface area contributed by atoms with Gasteiger partial charge in [0.15, 0.2) is 5.13 Å². The molecule has 184 valence electrons. The summed E-state index contributed by atoms with van der Waals surface area (Å²) < 4.78 is 34.9. The Hall–Kier alpha value is -4.21. The van der Waals surface area contributed by atoms with Crippen LogP contribution < -0.4 is 14.8 Å². The van der Waals surface area contributed by atoms with Gasteiger partial charge in [-0.15, -0.1) is 11.3 Å². The Bertz CT molecular complexity index is 1530. The van der Waals surface area contributed by atoms with Crippen LogP contribution in [-0.4, -0.2) is 34.6 Å². The first kappa shape index (κ1) is 24.9. The molecule has 0 saturated heterocycles. The van der Waals surface area contributed by atoms with E-state index in [0.717, 1.165) is 11.3 Å². The van der Waals surface area contributed by atoms with Crippen molar-refractivity contribution in [3.8, 4) is 23.3 Å². The highest BCUT2D eigenvalue weighted by molar-refractivity contribution is 7.93. The van der Waals surface area contributed by atoms with Crippen molar-refractivity contribution in [1.82, 2.24) is 20.1 Å². The molecule has 0 saturated carbocycles. The zero-order chi connectivity index (χ0) is 25.9. The summed E-state index contributed by atoms with van der Waals surface area (Å²) in [5.74, 6) is 0.424. The Morgan fingerprint density at radius 3 is 2.56 bits per heavy atom. The van der Waals surface area contributed by atoms with Crippen LogP contribution >= 0.6 is 11.3 Å². The third-order valence-corrected chi connectivity index (χ3v) is 6.85. The Morgan fingerprint density at radius 1 is 1.17 bits per heavy atom. The molecule has 4 aromatic rings. The minimum absolute atomic E-state index is 0.0580. The number of carbonyl (C=O) groups excluding carboxylic acids is 1. The van der Waals surface area contributed by atoms with Gasteiger partial charge in [0.2, 0.25) is 0 Å². The number of hydrogen-bond acceptors (Lipinski definition) is 8. The van der Waals surface area contributed by atoms with Crippen LogP contribution in [0.2, 0.25) is 0 Å². The van der Waals surface area contributed by atoms with Gasteiger partial charge in [-0.2, -0.15) is 10.4 Å². The van der Waals surface area contributed by atoms with Crippen molar-refractivity contribution in [3.05, 3.63) is 77.6 Å². The highest BCUT2D eigenvalue weighted by Crippen LogP contribution is 2.29. The number of nitriles is 1. The number of amides is 1. The van der Waals surface area contributed by atoms with Crippen LogP contribution in [0.4, 0.5) is 5.13 Å². The number of sulfonamides is 1. The fourth-order valence-corrected chi connectivity index (χ4v) is 4.90. The zero-order valence-corrected chi connectivity index (χ0v) is 21.2. The molecule has 12 heteroatoms. The number of nitrogens with one attached hydrogen (secondary N) is 2. The lowest BCUT2D eigenvalue weighted by Gasteiger charge is -2.19. The summed E-state index contributed by atoms with van der Waals surface area (Å²) in [5, 5.41) is 18.6. The summed E-state index contributed by atoms with van der Waals surface area (Å²) in [6, 6.07) is 12.9. The summed E-state index contributed by atoms with van der Waals surface area (Å²) >= 11 is 1.15. The van der Waals surface area contributed by atoms with E-state index in [1.165, 1.54) is 30.6 Å². The number of carbonyl (C=O) groups is 1. The van der Waals surface area contributed by atoms with Crippen molar-refractivity contribution in [1.29, 1.82) is 5.26 Å². The van der Waals surface area contributed by atoms with E-state index in [1.807, 2.05) is 26.8 Å². The molecule has 10 nitrogen and oxygen atoms in total.